The average molecular weight is 527 g/mol. The van der Waals surface area contributed by atoms with E-state index in [-0.39, 0.29) is 17.2 Å². The molecule has 3 heterocycles. The Bertz CT molecular complexity index is 1450. The van der Waals surface area contributed by atoms with Gasteiger partial charge in [-0.05, 0) is 23.8 Å². The third-order valence-corrected chi connectivity index (χ3v) is 9.41. The van der Waals surface area contributed by atoms with Gasteiger partial charge in [0.25, 0.3) is 0 Å². The number of benzene rings is 2. The van der Waals surface area contributed by atoms with Gasteiger partial charge in [-0.1, -0.05) is 29.4 Å². The van der Waals surface area contributed by atoms with Crippen molar-refractivity contribution >= 4 is 46.1 Å². The first-order valence-electron chi connectivity index (χ1n) is 10.8. The van der Waals surface area contributed by atoms with E-state index in [0.29, 0.717) is 28.2 Å². The predicted octanol–water partition coefficient (Wildman–Crippen LogP) is 3.65. The lowest BCUT2D eigenvalue weighted by Gasteiger charge is -2.43. The number of oxime groups is 1. The van der Waals surface area contributed by atoms with Crippen LogP contribution in [0.1, 0.15) is 27.2 Å². The SMILES string of the molecule is COc1cc([C@]2(c3ncc[nH]3)S[C@H](c3c(/C(=N/O)C(=O)O)[nH]c4ccccc34)SC[C@H]2O)ccc1O. The fraction of sp³-hybridized carbons (Fsp3) is 0.208. The molecule has 0 spiro atoms. The number of aliphatic hydroxyl groups is 1. The highest BCUT2D eigenvalue weighted by molar-refractivity contribution is 8.17. The number of hydrogen-bond donors (Lipinski definition) is 6. The van der Waals surface area contributed by atoms with E-state index in [2.05, 4.69) is 20.1 Å². The van der Waals surface area contributed by atoms with Gasteiger partial charge in [0.05, 0.1) is 23.5 Å². The molecule has 3 atom stereocenters. The molecule has 4 aromatic rings. The average Bonchev–Trinajstić information content (AvgIpc) is 3.54. The summed E-state index contributed by atoms with van der Waals surface area (Å²) in [4.78, 5) is 22.6. The molecule has 0 radical (unpaired) electrons. The molecular formula is C24H22N4O6S2. The highest BCUT2D eigenvalue weighted by Gasteiger charge is 2.51. The number of carboxylic acids is 1. The fourth-order valence-corrected chi connectivity index (χ4v) is 8.02. The Labute approximate surface area is 213 Å². The number of aromatic amines is 2. The number of aromatic hydroxyl groups is 1. The Morgan fingerprint density at radius 1 is 1.28 bits per heavy atom. The van der Waals surface area contributed by atoms with Crippen LogP contribution in [0, 0.1) is 0 Å². The van der Waals surface area contributed by atoms with E-state index in [1.165, 1.54) is 36.7 Å². The van der Waals surface area contributed by atoms with E-state index in [0.717, 1.165) is 5.39 Å². The monoisotopic (exact) mass is 526 g/mol. The van der Waals surface area contributed by atoms with Crippen LogP contribution in [0.15, 0.2) is 60.0 Å². The Hall–Kier alpha value is -3.61. The summed E-state index contributed by atoms with van der Waals surface area (Å²) < 4.78 is 3.81. The lowest BCUT2D eigenvalue weighted by atomic mass is 9.91. The van der Waals surface area contributed by atoms with Gasteiger partial charge in [-0.15, -0.1) is 23.5 Å². The van der Waals surface area contributed by atoms with Gasteiger partial charge < -0.3 is 35.2 Å². The number of phenols is 1. The number of carboxylic acid groups (broad SMARTS) is 1. The standard InChI is InChI=1S/C24H22N4O6S2/c1-34-16-10-12(6-7-15(16)29)24(23-25-8-9-26-23)17(30)11-35-22(36-24)18-13-4-2-3-5-14(13)27-19(18)20(28-33)21(31)32/h2-10,17,22,27,29-30,33H,11H2,1H3,(H,25,26)(H,31,32)/b28-20-/t17-,22-,24+/m1/s1. The Morgan fingerprint density at radius 2 is 2.08 bits per heavy atom. The van der Waals surface area contributed by atoms with Crippen molar-refractivity contribution in [1.29, 1.82) is 0 Å². The van der Waals surface area contributed by atoms with Crippen LogP contribution in [0.5, 0.6) is 11.5 Å². The molecule has 1 aliphatic heterocycles. The van der Waals surface area contributed by atoms with Gasteiger partial charge in [-0.25, -0.2) is 9.78 Å². The first-order valence-corrected chi connectivity index (χ1v) is 12.7. The van der Waals surface area contributed by atoms with Crippen molar-refractivity contribution in [1.82, 2.24) is 15.0 Å². The van der Waals surface area contributed by atoms with Gasteiger partial charge in [0, 0.05) is 34.6 Å². The number of aliphatic hydroxyl groups excluding tert-OH is 1. The van der Waals surface area contributed by atoms with E-state index in [4.69, 9.17) is 4.74 Å². The molecular weight excluding hydrogens is 504 g/mol. The molecule has 2 aromatic carbocycles. The number of hydrogen-bond acceptors (Lipinski definition) is 9. The third kappa shape index (κ3) is 3.77. The molecule has 0 saturated carbocycles. The van der Waals surface area contributed by atoms with Crippen molar-refractivity contribution in [3.63, 3.8) is 0 Å². The van der Waals surface area contributed by atoms with Crippen LogP contribution in [0.4, 0.5) is 0 Å². The number of aromatic nitrogens is 3. The molecule has 1 saturated heterocycles. The van der Waals surface area contributed by atoms with E-state index < -0.39 is 27.1 Å². The summed E-state index contributed by atoms with van der Waals surface area (Å²) in [6.45, 7) is 0. The summed E-state index contributed by atoms with van der Waals surface area (Å²) in [5.41, 5.74) is 1.63. The minimum absolute atomic E-state index is 0.0405. The molecule has 1 aliphatic rings. The lowest BCUT2D eigenvalue weighted by molar-refractivity contribution is -0.129. The number of phenolic OH excluding ortho intramolecular Hbond substituents is 1. The normalized spacial score (nSPS) is 22.6. The van der Waals surface area contributed by atoms with Gasteiger partial charge in [-0.2, -0.15) is 0 Å². The molecule has 186 valence electrons. The van der Waals surface area contributed by atoms with Crippen molar-refractivity contribution in [2.75, 3.05) is 12.9 Å². The Balaban J connectivity index is 1.72. The minimum atomic E-state index is -1.38. The van der Waals surface area contributed by atoms with Gasteiger partial charge >= 0.3 is 5.97 Å². The van der Waals surface area contributed by atoms with E-state index >= 15 is 0 Å². The number of nitrogens with zero attached hydrogens (tertiary/aromatic N) is 2. The van der Waals surface area contributed by atoms with Crippen molar-refractivity contribution < 1.29 is 30.1 Å². The molecule has 5 rings (SSSR count). The number of thioether (sulfide) groups is 2. The van der Waals surface area contributed by atoms with Crippen LogP contribution in [0.3, 0.4) is 0 Å². The molecule has 0 amide bonds. The maximum Gasteiger partial charge on any atom is 0.360 e. The predicted molar refractivity (Wildman–Crippen MR) is 137 cm³/mol. The first kappa shape index (κ1) is 24.1. The third-order valence-electron chi connectivity index (χ3n) is 6.15. The smallest absolute Gasteiger partial charge is 0.360 e. The van der Waals surface area contributed by atoms with Gasteiger partial charge in [0.1, 0.15) is 10.6 Å². The molecule has 0 aliphatic carbocycles. The van der Waals surface area contributed by atoms with E-state index in [1.807, 2.05) is 24.3 Å². The maximum absolute atomic E-state index is 11.9. The number of carbonyl (C=O) groups is 1. The van der Waals surface area contributed by atoms with Gasteiger partial charge in [0.15, 0.2) is 11.5 Å². The quantitative estimate of drug-likeness (QED) is 0.125. The molecule has 2 aromatic heterocycles. The maximum atomic E-state index is 11.9. The number of para-hydroxylation sites is 1. The molecule has 1 fully saturated rings. The fourth-order valence-electron chi connectivity index (χ4n) is 4.50. The number of nitrogens with one attached hydrogen (secondary N) is 2. The number of imidazole rings is 1. The minimum Gasteiger partial charge on any atom is -0.504 e. The van der Waals surface area contributed by atoms with Crippen LogP contribution in [-0.2, 0) is 9.54 Å². The van der Waals surface area contributed by atoms with Crippen molar-refractivity contribution in [2.45, 2.75) is 15.4 Å². The molecule has 10 nitrogen and oxygen atoms in total. The number of H-pyrrole nitrogens is 2. The number of aliphatic carboxylic acids is 1. The van der Waals surface area contributed by atoms with Gasteiger partial charge in [0.2, 0.25) is 5.71 Å². The highest BCUT2D eigenvalue weighted by atomic mass is 32.2. The number of methoxy groups -OCH3 is 1. The Kier molecular flexibility index (Phi) is 6.33. The number of rotatable bonds is 6. The second-order valence-electron chi connectivity index (χ2n) is 8.07. The second-order valence-corrected chi connectivity index (χ2v) is 10.9. The molecule has 6 N–H and O–H groups in total. The highest BCUT2D eigenvalue weighted by Crippen LogP contribution is 2.61. The number of ether oxygens (including phenoxy) is 1. The van der Waals surface area contributed by atoms with Crippen LogP contribution in [0.2, 0.25) is 0 Å². The summed E-state index contributed by atoms with van der Waals surface area (Å²) in [5, 5.41) is 44.7. The van der Waals surface area contributed by atoms with Crippen molar-refractivity contribution in [3.8, 4) is 11.5 Å². The molecule has 0 unspecified atom stereocenters. The molecule has 36 heavy (non-hydrogen) atoms. The van der Waals surface area contributed by atoms with Crippen LogP contribution >= 0.6 is 23.5 Å². The second kappa shape index (κ2) is 9.45. The Morgan fingerprint density at radius 3 is 2.78 bits per heavy atom. The summed E-state index contributed by atoms with van der Waals surface area (Å²) in [7, 11) is 1.45. The summed E-state index contributed by atoms with van der Waals surface area (Å²) >= 11 is 2.83. The van der Waals surface area contributed by atoms with Crippen molar-refractivity contribution in [2.24, 2.45) is 5.16 Å². The first-order chi connectivity index (χ1) is 17.4. The van der Waals surface area contributed by atoms with Crippen LogP contribution < -0.4 is 4.74 Å². The largest absolute Gasteiger partial charge is 0.504 e. The van der Waals surface area contributed by atoms with E-state index in [1.54, 1.807) is 24.5 Å². The zero-order chi connectivity index (χ0) is 25.4. The zero-order valence-electron chi connectivity index (χ0n) is 18.9. The summed E-state index contributed by atoms with van der Waals surface area (Å²) in [5.74, 6) is -0.389. The topological polar surface area (TPSA) is 164 Å². The lowest BCUT2D eigenvalue weighted by Crippen LogP contribution is -2.43. The van der Waals surface area contributed by atoms with E-state index in [9.17, 15) is 25.3 Å². The summed E-state index contributed by atoms with van der Waals surface area (Å²) in [6.07, 6.45) is 2.36. The molecule has 12 heteroatoms. The van der Waals surface area contributed by atoms with Crippen LogP contribution in [0.25, 0.3) is 10.9 Å². The molecule has 0 bridgehead atoms. The zero-order valence-corrected chi connectivity index (χ0v) is 20.5. The van der Waals surface area contributed by atoms with Gasteiger partial charge in [-0.3, -0.25) is 0 Å². The van der Waals surface area contributed by atoms with Crippen LogP contribution in [-0.4, -0.2) is 66.1 Å². The van der Waals surface area contributed by atoms with Crippen molar-refractivity contribution in [3.05, 3.63) is 77.5 Å². The summed E-state index contributed by atoms with van der Waals surface area (Å²) in [6, 6.07) is 12.2. The number of fused-ring (bicyclic) bond motifs is 1.